The van der Waals surface area contributed by atoms with E-state index in [-0.39, 0.29) is 23.8 Å². The van der Waals surface area contributed by atoms with Crippen molar-refractivity contribution in [3.05, 3.63) is 29.1 Å². The van der Waals surface area contributed by atoms with Crippen LogP contribution >= 0.6 is 11.8 Å². The third-order valence-electron chi connectivity index (χ3n) is 4.44. The minimum absolute atomic E-state index is 0.0118. The molecule has 3 amide bonds. The Hall–Kier alpha value is -2.55. The van der Waals surface area contributed by atoms with Gasteiger partial charge in [-0.1, -0.05) is 0 Å². The first-order chi connectivity index (χ1) is 12.5. The number of aliphatic carboxylic acids is 1. The zero-order chi connectivity index (χ0) is 18.7. The van der Waals surface area contributed by atoms with E-state index in [1.807, 2.05) is 0 Å². The average molecular weight is 378 g/mol. The molecule has 0 bridgehead atoms. The molecule has 0 unspecified atom stereocenters. The number of nitrogens with zero attached hydrogens (tertiary/aromatic N) is 2. The SMILES string of the molecule is O=C(O)C1CCN(C(=O)CCN2C(=O)SC(=Cc3ccco3)C2=O)CC1. The normalized spacial score (nSPS) is 20.2. The van der Waals surface area contributed by atoms with Crippen LogP contribution in [-0.2, 0) is 14.4 Å². The molecule has 138 valence electrons. The summed E-state index contributed by atoms with van der Waals surface area (Å²) in [6.07, 6.45) is 3.86. The summed E-state index contributed by atoms with van der Waals surface area (Å²) in [5.74, 6) is -1.38. The summed E-state index contributed by atoms with van der Waals surface area (Å²) in [4.78, 5) is 50.5. The molecule has 2 aliphatic rings. The summed E-state index contributed by atoms with van der Waals surface area (Å²) in [7, 11) is 0. The highest BCUT2D eigenvalue weighted by atomic mass is 32.2. The highest BCUT2D eigenvalue weighted by molar-refractivity contribution is 8.18. The Morgan fingerprint density at radius 3 is 2.65 bits per heavy atom. The molecule has 3 heterocycles. The minimum atomic E-state index is -0.835. The maximum Gasteiger partial charge on any atom is 0.306 e. The van der Waals surface area contributed by atoms with Gasteiger partial charge in [-0.05, 0) is 36.7 Å². The number of furan rings is 1. The lowest BCUT2D eigenvalue weighted by Gasteiger charge is -2.30. The first-order valence-corrected chi connectivity index (χ1v) is 9.07. The van der Waals surface area contributed by atoms with E-state index in [2.05, 4.69) is 0 Å². The molecule has 2 saturated heterocycles. The Morgan fingerprint density at radius 1 is 1.31 bits per heavy atom. The number of hydrogen-bond acceptors (Lipinski definition) is 6. The second kappa shape index (κ2) is 7.77. The standard InChI is InChI=1S/C17H18N2O6S/c20-14(18-6-3-11(4-7-18)16(22)23)5-8-19-15(21)13(26-17(19)24)10-12-2-1-9-25-12/h1-2,9-11H,3-8H2,(H,22,23). The lowest BCUT2D eigenvalue weighted by Crippen LogP contribution is -2.42. The van der Waals surface area contributed by atoms with Gasteiger partial charge in [0.2, 0.25) is 5.91 Å². The van der Waals surface area contributed by atoms with Gasteiger partial charge in [0.25, 0.3) is 11.1 Å². The quantitative estimate of drug-likeness (QED) is 0.781. The van der Waals surface area contributed by atoms with Gasteiger partial charge in [0.15, 0.2) is 0 Å². The summed E-state index contributed by atoms with van der Waals surface area (Å²) in [5, 5.41) is 8.57. The van der Waals surface area contributed by atoms with Crippen LogP contribution < -0.4 is 0 Å². The number of carbonyl (C=O) groups excluding carboxylic acids is 3. The predicted molar refractivity (Wildman–Crippen MR) is 92.9 cm³/mol. The minimum Gasteiger partial charge on any atom is -0.481 e. The summed E-state index contributed by atoms with van der Waals surface area (Å²) in [5.41, 5.74) is 0. The van der Waals surface area contributed by atoms with Crippen LogP contribution in [0.3, 0.4) is 0 Å². The van der Waals surface area contributed by atoms with Crippen LogP contribution in [0, 0.1) is 5.92 Å². The molecule has 0 aliphatic carbocycles. The number of thioether (sulfide) groups is 1. The third kappa shape index (κ3) is 3.98. The molecule has 1 N–H and O–H groups in total. The lowest BCUT2D eigenvalue weighted by atomic mass is 9.97. The van der Waals surface area contributed by atoms with Gasteiger partial charge in [-0.25, -0.2) is 0 Å². The molecule has 0 spiro atoms. The zero-order valence-corrected chi connectivity index (χ0v) is 14.7. The number of amides is 3. The molecule has 1 aromatic heterocycles. The van der Waals surface area contributed by atoms with Crippen molar-refractivity contribution in [3.63, 3.8) is 0 Å². The molecule has 2 fully saturated rings. The Balaban J connectivity index is 1.53. The fourth-order valence-electron chi connectivity index (χ4n) is 2.94. The highest BCUT2D eigenvalue weighted by Gasteiger charge is 2.36. The van der Waals surface area contributed by atoms with Gasteiger partial charge in [-0.2, -0.15) is 0 Å². The number of imide groups is 1. The number of carboxylic acids is 1. The lowest BCUT2D eigenvalue weighted by molar-refractivity contribution is -0.145. The van der Waals surface area contributed by atoms with Gasteiger partial charge in [-0.15, -0.1) is 0 Å². The van der Waals surface area contributed by atoms with Gasteiger partial charge in [0.1, 0.15) is 5.76 Å². The van der Waals surface area contributed by atoms with Gasteiger partial charge < -0.3 is 14.4 Å². The molecular formula is C17H18N2O6S. The van der Waals surface area contributed by atoms with Crippen molar-refractivity contribution in [2.24, 2.45) is 5.92 Å². The maximum atomic E-state index is 12.3. The van der Waals surface area contributed by atoms with Crippen molar-refractivity contribution in [1.29, 1.82) is 0 Å². The van der Waals surface area contributed by atoms with Crippen LogP contribution in [0.4, 0.5) is 4.79 Å². The number of hydrogen-bond donors (Lipinski definition) is 1. The molecule has 0 saturated carbocycles. The number of carboxylic acid groups (broad SMARTS) is 1. The molecule has 0 aromatic carbocycles. The van der Waals surface area contributed by atoms with E-state index in [0.29, 0.717) is 31.7 Å². The molecule has 8 nitrogen and oxygen atoms in total. The van der Waals surface area contributed by atoms with Crippen molar-refractivity contribution in [3.8, 4) is 0 Å². The van der Waals surface area contributed by atoms with Crippen LogP contribution in [0.15, 0.2) is 27.7 Å². The molecule has 9 heteroatoms. The monoisotopic (exact) mass is 378 g/mol. The Bertz CT molecular complexity index is 749. The van der Waals surface area contributed by atoms with E-state index in [4.69, 9.17) is 9.52 Å². The molecule has 3 rings (SSSR count). The number of piperidine rings is 1. The third-order valence-corrected chi connectivity index (χ3v) is 5.34. The number of carbonyl (C=O) groups is 4. The Labute approximate surface area is 153 Å². The molecule has 0 radical (unpaired) electrons. The van der Waals surface area contributed by atoms with Crippen LogP contribution in [0.1, 0.15) is 25.0 Å². The van der Waals surface area contributed by atoms with Gasteiger partial charge in [0.05, 0.1) is 17.1 Å². The van der Waals surface area contributed by atoms with Gasteiger partial charge in [-0.3, -0.25) is 24.1 Å². The van der Waals surface area contributed by atoms with E-state index < -0.39 is 23.0 Å². The zero-order valence-electron chi connectivity index (χ0n) is 13.9. The van der Waals surface area contributed by atoms with E-state index in [9.17, 15) is 19.2 Å². The second-order valence-corrected chi connectivity index (χ2v) is 7.09. The number of rotatable bonds is 5. The summed E-state index contributed by atoms with van der Waals surface area (Å²) in [6, 6.07) is 3.36. The van der Waals surface area contributed by atoms with Crippen LogP contribution in [0.25, 0.3) is 6.08 Å². The first kappa shape index (κ1) is 18.2. The van der Waals surface area contributed by atoms with Gasteiger partial charge >= 0.3 is 5.97 Å². The fourth-order valence-corrected chi connectivity index (χ4v) is 3.78. The number of likely N-dealkylation sites (tertiary alicyclic amines) is 1. The fraction of sp³-hybridized carbons (Fsp3) is 0.412. The average Bonchev–Trinajstić information content (AvgIpc) is 3.22. The first-order valence-electron chi connectivity index (χ1n) is 8.25. The largest absolute Gasteiger partial charge is 0.481 e. The van der Waals surface area contributed by atoms with Crippen LogP contribution in [-0.4, -0.2) is 57.6 Å². The second-order valence-electron chi connectivity index (χ2n) is 6.09. The molecule has 0 atom stereocenters. The van der Waals surface area contributed by atoms with Crippen LogP contribution in [0.2, 0.25) is 0 Å². The van der Waals surface area contributed by atoms with Crippen LogP contribution in [0.5, 0.6) is 0 Å². The van der Waals surface area contributed by atoms with Crippen molar-refractivity contribution in [2.75, 3.05) is 19.6 Å². The van der Waals surface area contributed by atoms with E-state index in [1.54, 1.807) is 17.0 Å². The summed E-state index contributed by atoms with van der Waals surface area (Å²) >= 11 is 0.819. The maximum absolute atomic E-state index is 12.3. The predicted octanol–water partition coefficient (Wildman–Crippen LogP) is 2.03. The molecular weight excluding hydrogens is 360 g/mol. The summed E-state index contributed by atoms with van der Waals surface area (Å²) < 4.78 is 5.14. The van der Waals surface area contributed by atoms with Crippen molar-refractivity contribution < 1.29 is 28.7 Å². The summed E-state index contributed by atoms with van der Waals surface area (Å²) in [6.45, 7) is 0.782. The van der Waals surface area contributed by atoms with Crippen molar-refractivity contribution in [2.45, 2.75) is 19.3 Å². The molecule has 2 aliphatic heterocycles. The smallest absolute Gasteiger partial charge is 0.306 e. The molecule has 1 aromatic rings. The highest BCUT2D eigenvalue weighted by Crippen LogP contribution is 2.32. The van der Waals surface area contributed by atoms with Gasteiger partial charge in [0, 0.05) is 32.1 Å². The van der Waals surface area contributed by atoms with E-state index in [1.165, 1.54) is 12.3 Å². The Morgan fingerprint density at radius 2 is 2.04 bits per heavy atom. The van der Waals surface area contributed by atoms with Crippen molar-refractivity contribution >= 4 is 40.9 Å². The van der Waals surface area contributed by atoms with E-state index in [0.717, 1.165) is 16.7 Å². The van der Waals surface area contributed by atoms with Crippen molar-refractivity contribution in [1.82, 2.24) is 9.80 Å². The Kier molecular flexibility index (Phi) is 5.46. The topological polar surface area (TPSA) is 108 Å². The molecule has 26 heavy (non-hydrogen) atoms. The van der Waals surface area contributed by atoms with E-state index >= 15 is 0 Å².